The molecule has 0 aliphatic heterocycles. The van der Waals surface area contributed by atoms with Crippen molar-refractivity contribution in [3.63, 3.8) is 0 Å². The van der Waals surface area contributed by atoms with Crippen LogP contribution in [0.15, 0.2) is 23.8 Å². The minimum absolute atomic E-state index is 0.0399. The van der Waals surface area contributed by atoms with E-state index in [2.05, 4.69) is 0 Å². The summed E-state index contributed by atoms with van der Waals surface area (Å²) in [6, 6.07) is 0. The zero-order valence-corrected chi connectivity index (χ0v) is 21.8. The molecular weight excluding hydrogens is 493 g/mol. The quantitative estimate of drug-likeness (QED) is 0.415. The molecule has 0 bridgehead atoms. The normalized spacial score (nSPS) is 48.3. The van der Waals surface area contributed by atoms with Gasteiger partial charge in [0.1, 0.15) is 6.17 Å². The van der Waals surface area contributed by atoms with Crippen LogP contribution in [0.25, 0.3) is 0 Å². The van der Waals surface area contributed by atoms with E-state index in [4.69, 9.17) is 21.7 Å². The standard InChI is InChI=1S/C27H33F3O5S/c1-14-9-16-17-11-19(29)18-10-15(31)5-6-24(18,3)26(17,30)20(32)12-25(16,4)27(14,22(36)34-13-28)35-21(33)23(2)7-8-23/h5-6,10,14,16-17,19-20,32H,7-9,11-13H2,1-4H3/t14-,16+,17+,19+,20+,24+,25+,26+,27+/m1/s1. The predicted octanol–water partition coefficient (Wildman–Crippen LogP) is 4.90. The minimum atomic E-state index is -2.27. The number of allylic oxidation sites excluding steroid dienone is 4. The predicted molar refractivity (Wildman–Crippen MR) is 129 cm³/mol. The Morgan fingerprint density at radius 2 is 1.89 bits per heavy atom. The van der Waals surface area contributed by atoms with Crippen LogP contribution in [0.3, 0.4) is 0 Å². The smallest absolute Gasteiger partial charge is 0.312 e. The van der Waals surface area contributed by atoms with Gasteiger partial charge in [-0.15, -0.1) is 0 Å². The molecular formula is C27H33F3O5S. The lowest BCUT2D eigenvalue weighted by Gasteiger charge is -2.63. The van der Waals surface area contributed by atoms with Crippen molar-refractivity contribution >= 4 is 29.0 Å². The van der Waals surface area contributed by atoms with Gasteiger partial charge in [0.15, 0.2) is 17.1 Å². The first-order chi connectivity index (χ1) is 16.7. The summed E-state index contributed by atoms with van der Waals surface area (Å²) >= 11 is 5.52. The number of ether oxygens (including phenoxy) is 2. The highest BCUT2D eigenvalue weighted by molar-refractivity contribution is 7.80. The molecule has 0 radical (unpaired) electrons. The highest BCUT2D eigenvalue weighted by Crippen LogP contribution is 2.72. The number of aliphatic hydroxyl groups is 1. The van der Waals surface area contributed by atoms with Crippen molar-refractivity contribution in [2.45, 2.75) is 83.3 Å². The highest BCUT2D eigenvalue weighted by atomic mass is 32.1. The molecule has 0 saturated heterocycles. The summed E-state index contributed by atoms with van der Waals surface area (Å²) < 4.78 is 57.8. The maximum Gasteiger partial charge on any atom is 0.312 e. The van der Waals surface area contributed by atoms with Crippen molar-refractivity contribution in [1.82, 2.24) is 0 Å². The van der Waals surface area contributed by atoms with Gasteiger partial charge in [0.05, 0.1) is 11.5 Å². The Morgan fingerprint density at radius 1 is 1.22 bits per heavy atom. The first kappa shape index (κ1) is 25.9. The number of esters is 1. The van der Waals surface area contributed by atoms with E-state index in [1.165, 1.54) is 19.1 Å². The lowest BCUT2D eigenvalue weighted by molar-refractivity contribution is -0.224. The number of thiocarbonyl (C=S) groups is 1. The Labute approximate surface area is 214 Å². The van der Waals surface area contributed by atoms with Crippen LogP contribution in [-0.4, -0.2) is 52.3 Å². The van der Waals surface area contributed by atoms with E-state index in [9.17, 15) is 19.1 Å². The average Bonchev–Trinajstić information content (AvgIpc) is 3.52. The molecule has 1 N–H and O–H groups in total. The van der Waals surface area contributed by atoms with E-state index in [-0.39, 0.29) is 23.5 Å². The Hall–Kier alpha value is -1.74. The van der Waals surface area contributed by atoms with Gasteiger partial charge in [0.2, 0.25) is 11.9 Å². The number of rotatable bonds is 4. The summed E-state index contributed by atoms with van der Waals surface area (Å²) in [5.74, 6) is -2.90. The third-order valence-electron chi connectivity index (χ3n) is 10.4. The van der Waals surface area contributed by atoms with Crippen molar-refractivity contribution in [2.24, 2.45) is 34.0 Å². The molecule has 5 aliphatic carbocycles. The molecule has 0 unspecified atom stereocenters. The second-order valence-corrected chi connectivity index (χ2v) is 12.6. The molecule has 5 aliphatic rings. The summed E-state index contributed by atoms with van der Waals surface area (Å²) in [4.78, 5) is 25.2. The van der Waals surface area contributed by atoms with Crippen LogP contribution in [0.1, 0.15) is 59.8 Å². The third-order valence-corrected chi connectivity index (χ3v) is 10.8. The Morgan fingerprint density at radius 3 is 2.50 bits per heavy atom. The molecule has 36 heavy (non-hydrogen) atoms. The molecule has 0 heterocycles. The first-order valence-corrected chi connectivity index (χ1v) is 13.0. The van der Waals surface area contributed by atoms with Crippen LogP contribution in [0.4, 0.5) is 13.2 Å². The fraction of sp³-hybridized carbons (Fsp3) is 0.741. The summed E-state index contributed by atoms with van der Waals surface area (Å²) in [6.45, 7) is 5.65. The van der Waals surface area contributed by atoms with Crippen molar-refractivity contribution < 1.29 is 37.3 Å². The molecule has 0 aromatic carbocycles. The molecule has 0 spiro atoms. The Balaban J connectivity index is 1.63. The number of aliphatic hydroxyl groups excluding tert-OH is 1. The molecule has 9 atom stereocenters. The van der Waals surface area contributed by atoms with Gasteiger partial charge >= 0.3 is 5.97 Å². The van der Waals surface area contributed by atoms with Crippen molar-refractivity contribution in [3.05, 3.63) is 23.8 Å². The molecule has 5 rings (SSSR count). The Kier molecular flexibility index (Phi) is 5.67. The molecule has 0 aromatic heterocycles. The number of alkyl halides is 3. The Bertz CT molecular complexity index is 1090. The summed E-state index contributed by atoms with van der Waals surface area (Å²) in [7, 11) is 0. The molecule has 9 heteroatoms. The lowest BCUT2D eigenvalue weighted by Crippen LogP contribution is -2.71. The fourth-order valence-electron chi connectivity index (χ4n) is 8.04. The number of halogens is 3. The van der Waals surface area contributed by atoms with E-state index in [0.29, 0.717) is 19.3 Å². The molecule has 5 nitrogen and oxygen atoms in total. The average molecular weight is 527 g/mol. The van der Waals surface area contributed by atoms with E-state index in [0.717, 1.165) is 6.08 Å². The second-order valence-electron chi connectivity index (χ2n) is 12.2. The number of hydrogen-bond acceptors (Lipinski definition) is 6. The van der Waals surface area contributed by atoms with Crippen molar-refractivity contribution in [3.8, 4) is 0 Å². The summed E-state index contributed by atoms with van der Waals surface area (Å²) in [6.07, 6.45) is 1.81. The molecule has 4 saturated carbocycles. The van der Waals surface area contributed by atoms with Gasteiger partial charge in [-0.05, 0) is 81.8 Å². The highest BCUT2D eigenvalue weighted by Gasteiger charge is 2.78. The van der Waals surface area contributed by atoms with Gasteiger partial charge in [-0.3, -0.25) is 9.59 Å². The summed E-state index contributed by atoms with van der Waals surface area (Å²) in [5, 5.41) is 11.3. The largest absolute Gasteiger partial charge is 0.452 e. The molecule has 198 valence electrons. The van der Waals surface area contributed by atoms with Gasteiger partial charge in [-0.2, -0.15) is 0 Å². The van der Waals surface area contributed by atoms with Crippen LogP contribution in [0.2, 0.25) is 0 Å². The minimum Gasteiger partial charge on any atom is -0.452 e. The van der Waals surface area contributed by atoms with Gasteiger partial charge in [-0.1, -0.05) is 19.9 Å². The van der Waals surface area contributed by atoms with Crippen LogP contribution in [-0.2, 0) is 19.1 Å². The topological polar surface area (TPSA) is 72.8 Å². The van der Waals surface area contributed by atoms with Gasteiger partial charge in [-0.25, -0.2) is 13.2 Å². The number of carbonyl (C=O) groups excluding carboxylic acids is 2. The second kappa shape index (κ2) is 7.88. The van der Waals surface area contributed by atoms with Gasteiger partial charge in [0, 0.05) is 22.7 Å². The SMILES string of the molecule is C[C@@H]1C[C@H]2[C@@H]3C[C@H](F)C4=CC(=O)C=C[C@]4(C)[C@@]3(F)[C@@H](O)C[C@]2(C)[C@@]1(OC(=O)C1(C)CC1)C(=S)OCF. The van der Waals surface area contributed by atoms with E-state index in [1.54, 1.807) is 20.8 Å². The first-order valence-electron chi connectivity index (χ1n) is 12.6. The van der Waals surface area contributed by atoms with Gasteiger partial charge in [0.25, 0.3) is 0 Å². The van der Waals surface area contributed by atoms with Crippen LogP contribution in [0.5, 0.6) is 0 Å². The van der Waals surface area contributed by atoms with E-state index < -0.39 is 76.2 Å². The number of carbonyl (C=O) groups is 2. The number of fused-ring (bicyclic) bond motifs is 5. The monoisotopic (exact) mass is 526 g/mol. The molecule has 0 aromatic rings. The maximum absolute atomic E-state index is 17.4. The molecule has 0 amide bonds. The summed E-state index contributed by atoms with van der Waals surface area (Å²) in [5.41, 5.74) is -7.15. The van der Waals surface area contributed by atoms with Crippen molar-refractivity contribution in [2.75, 3.05) is 6.86 Å². The fourth-order valence-corrected chi connectivity index (χ4v) is 8.56. The van der Waals surface area contributed by atoms with E-state index >= 15 is 8.78 Å². The number of hydrogen-bond donors (Lipinski definition) is 1. The van der Waals surface area contributed by atoms with Gasteiger partial charge < -0.3 is 14.6 Å². The maximum atomic E-state index is 17.4. The molecule has 4 fully saturated rings. The van der Waals surface area contributed by atoms with Crippen LogP contribution in [0, 0.1) is 34.0 Å². The van der Waals surface area contributed by atoms with Crippen LogP contribution >= 0.6 is 12.2 Å². The zero-order valence-electron chi connectivity index (χ0n) is 21.0. The zero-order chi connectivity index (χ0) is 26.5. The number of ketones is 1. The third kappa shape index (κ3) is 3.01. The van der Waals surface area contributed by atoms with Crippen molar-refractivity contribution in [1.29, 1.82) is 0 Å². The lowest BCUT2D eigenvalue weighted by atomic mass is 9.44. The van der Waals surface area contributed by atoms with Crippen LogP contribution < -0.4 is 0 Å². The van der Waals surface area contributed by atoms with E-state index in [1.807, 2.05) is 0 Å².